The first-order chi connectivity index (χ1) is 15.1. The predicted molar refractivity (Wildman–Crippen MR) is 124 cm³/mol. The number of carbonyl (C=O) groups is 1. The van der Waals surface area contributed by atoms with E-state index in [0.717, 1.165) is 43.1 Å². The van der Waals surface area contributed by atoms with Crippen molar-refractivity contribution < 1.29 is 9.53 Å². The van der Waals surface area contributed by atoms with Crippen LogP contribution >= 0.6 is 11.6 Å². The molecule has 0 radical (unpaired) electrons. The van der Waals surface area contributed by atoms with E-state index in [9.17, 15) is 10.1 Å². The SMILES string of the molecule is CC(C)Oc1cnc2[nH]cc(C(C)CC(=O)N3C4CC5(C)CC3CC(C#N)(C4)C5)c2c1Cl. The number of nitriles is 1. The highest BCUT2D eigenvalue weighted by Crippen LogP contribution is 2.61. The van der Waals surface area contributed by atoms with Crippen LogP contribution in [0.4, 0.5) is 0 Å². The van der Waals surface area contributed by atoms with Crippen molar-refractivity contribution in [3.05, 3.63) is 23.0 Å². The van der Waals surface area contributed by atoms with Gasteiger partial charge in [0.05, 0.1) is 28.8 Å². The minimum Gasteiger partial charge on any atom is -0.488 e. The fraction of sp³-hybridized carbons (Fsp3) is 0.640. The third-order valence-electron chi connectivity index (χ3n) is 7.80. The maximum absolute atomic E-state index is 13.5. The zero-order valence-electron chi connectivity index (χ0n) is 19.2. The molecule has 2 saturated heterocycles. The maximum atomic E-state index is 13.5. The highest BCUT2D eigenvalue weighted by molar-refractivity contribution is 6.37. The van der Waals surface area contributed by atoms with Crippen LogP contribution in [0.1, 0.15) is 77.7 Å². The second kappa shape index (κ2) is 7.38. The molecule has 7 heteroatoms. The number of piperidine rings is 2. The van der Waals surface area contributed by atoms with Gasteiger partial charge in [0.1, 0.15) is 5.65 Å². The topological polar surface area (TPSA) is 82.0 Å². The zero-order valence-corrected chi connectivity index (χ0v) is 20.0. The number of fused-ring (bicyclic) bond motifs is 1. The molecule has 6 nitrogen and oxygen atoms in total. The Balaban J connectivity index is 1.38. The summed E-state index contributed by atoms with van der Waals surface area (Å²) in [6.07, 6.45) is 8.66. The standard InChI is InChI=1S/C25H31ClN4O2/c1-14(2)32-19-11-29-23-21(22(19)26)18(10-28-23)15(3)5-20(31)30-16-6-24(4)7-17(30)9-25(8-16,12-24)13-27/h10-11,14-17H,5-9,12H2,1-4H3,(H,28,29). The summed E-state index contributed by atoms with van der Waals surface area (Å²) in [5.74, 6) is 0.743. The van der Waals surface area contributed by atoms with Gasteiger partial charge in [0.15, 0.2) is 5.75 Å². The van der Waals surface area contributed by atoms with Gasteiger partial charge in [0.25, 0.3) is 0 Å². The Morgan fingerprint density at radius 3 is 2.66 bits per heavy atom. The van der Waals surface area contributed by atoms with E-state index in [0.29, 0.717) is 22.8 Å². The summed E-state index contributed by atoms with van der Waals surface area (Å²) in [6.45, 7) is 8.29. The molecule has 3 unspecified atom stereocenters. The molecule has 6 rings (SSSR count). The molecule has 0 spiro atoms. The zero-order chi connectivity index (χ0) is 22.8. The predicted octanol–water partition coefficient (Wildman–Crippen LogP) is 5.57. The number of aromatic nitrogens is 2. The van der Waals surface area contributed by atoms with Gasteiger partial charge in [0.2, 0.25) is 5.91 Å². The number of aromatic amines is 1. The Labute approximate surface area is 194 Å². The second-order valence-corrected chi connectivity index (χ2v) is 11.4. The van der Waals surface area contributed by atoms with E-state index in [4.69, 9.17) is 16.3 Å². The first-order valence-electron chi connectivity index (χ1n) is 11.7. The molecule has 170 valence electrons. The summed E-state index contributed by atoms with van der Waals surface area (Å²) in [7, 11) is 0. The molecule has 4 heterocycles. The molecule has 32 heavy (non-hydrogen) atoms. The molecule has 2 saturated carbocycles. The van der Waals surface area contributed by atoms with Gasteiger partial charge in [-0.1, -0.05) is 25.4 Å². The van der Waals surface area contributed by atoms with Gasteiger partial charge in [-0.2, -0.15) is 5.26 Å². The minimum absolute atomic E-state index is 0.00331. The number of halogens is 1. The Kier molecular flexibility index (Phi) is 4.98. The molecule has 3 atom stereocenters. The van der Waals surface area contributed by atoms with Crippen molar-refractivity contribution in [2.75, 3.05) is 0 Å². The van der Waals surface area contributed by atoms with Gasteiger partial charge >= 0.3 is 0 Å². The maximum Gasteiger partial charge on any atom is 0.223 e. The third kappa shape index (κ3) is 3.37. The van der Waals surface area contributed by atoms with Crippen LogP contribution in [0.25, 0.3) is 11.0 Å². The summed E-state index contributed by atoms with van der Waals surface area (Å²) >= 11 is 6.70. The Morgan fingerprint density at radius 2 is 2.03 bits per heavy atom. The van der Waals surface area contributed by atoms with E-state index in [1.807, 2.05) is 20.0 Å². The summed E-state index contributed by atoms with van der Waals surface area (Å²) < 4.78 is 5.82. The molecule has 0 aromatic carbocycles. The van der Waals surface area contributed by atoms with Crippen LogP contribution in [0, 0.1) is 22.2 Å². The molecule has 1 amide bonds. The van der Waals surface area contributed by atoms with Crippen molar-refractivity contribution in [2.24, 2.45) is 10.8 Å². The van der Waals surface area contributed by atoms with Crippen LogP contribution in [-0.2, 0) is 4.79 Å². The van der Waals surface area contributed by atoms with Crippen LogP contribution in [0.3, 0.4) is 0 Å². The lowest BCUT2D eigenvalue weighted by Crippen LogP contribution is -2.65. The molecule has 2 aliphatic carbocycles. The van der Waals surface area contributed by atoms with Gasteiger partial charge < -0.3 is 14.6 Å². The molecule has 4 aliphatic rings. The lowest BCUT2D eigenvalue weighted by atomic mass is 9.50. The van der Waals surface area contributed by atoms with E-state index in [1.54, 1.807) is 6.20 Å². The average Bonchev–Trinajstić information content (AvgIpc) is 3.13. The molecule has 4 bridgehead atoms. The number of ether oxygens (including phenoxy) is 1. The molecular weight excluding hydrogens is 424 g/mol. The number of rotatable bonds is 5. The number of nitrogens with zero attached hydrogens (tertiary/aromatic N) is 3. The first-order valence-corrected chi connectivity index (χ1v) is 12.1. The van der Waals surface area contributed by atoms with Crippen molar-refractivity contribution in [3.8, 4) is 11.8 Å². The van der Waals surface area contributed by atoms with E-state index in [-0.39, 0.29) is 40.8 Å². The highest BCUT2D eigenvalue weighted by atomic mass is 35.5. The van der Waals surface area contributed by atoms with Crippen molar-refractivity contribution in [2.45, 2.75) is 90.3 Å². The molecule has 2 aromatic rings. The number of hydrogen-bond donors (Lipinski definition) is 1. The largest absolute Gasteiger partial charge is 0.488 e. The van der Waals surface area contributed by atoms with Crippen molar-refractivity contribution in [1.82, 2.24) is 14.9 Å². The summed E-state index contributed by atoms with van der Waals surface area (Å²) in [5.41, 5.74) is 1.67. The Bertz CT molecular complexity index is 1100. The van der Waals surface area contributed by atoms with Crippen molar-refractivity contribution in [1.29, 1.82) is 5.26 Å². The van der Waals surface area contributed by atoms with Crippen LogP contribution < -0.4 is 4.74 Å². The summed E-state index contributed by atoms with van der Waals surface area (Å²) in [5, 5.41) is 11.2. The van der Waals surface area contributed by atoms with E-state index in [2.05, 4.69) is 34.8 Å². The van der Waals surface area contributed by atoms with Gasteiger partial charge in [0, 0.05) is 30.1 Å². The number of nitrogens with one attached hydrogen (secondary N) is 1. The second-order valence-electron chi connectivity index (χ2n) is 11.0. The fourth-order valence-electron chi connectivity index (χ4n) is 6.95. The van der Waals surface area contributed by atoms with Gasteiger partial charge in [-0.25, -0.2) is 4.98 Å². The number of amides is 1. The van der Waals surface area contributed by atoms with Crippen LogP contribution in [0.2, 0.25) is 5.02 Å². The number of carbonyl (C=O) groups excluding carboxylic acids is 1. The lowest BCUT2D eigenvalue weighted by Gasteiger charge is -2.63. The quantitative estimate of drug-likeness (QED) is 0.640. The van der Waals surface area contributed by atoms with Gasteiger partial charge in [-0.3, -0.25) is 4.79 Å². The molecule has 4 fully saturated rings. The Morgan fingerprint density at radius 1 is 1.34 bits per heavy atom. The van der Waals surface area contributed by atoms with Crippen molar-refractivity contribution in [3.63, 3.8) is 0 Å². The smallest absolute Gasteiger partial charge is 0.223 e. The van der Waals surface area contributed by atoms with Gasteiger partial charge in [-0.15, -0.1) is 0 Å². The number of pyridine rings is 1. The van der Waals surface area contributed by atoms with Crippen LogP contribution in [0.15, 0.2) is 12.4 Å². The summed E-state index contributed by atoms with van der Waals surface area (Å²) in [4.78, 5) is 23.3. The molecule has 1 N–H and O–H groups in total. The van der Waals surface area contributed by atoms with Crippen LogP contribution in [-0.4, -0.2) is 39.0 Å². The lowest BCUT2D eigenvalue weighted by molar-refractivity contribution is -0.163. The molecule has 2 aliphatic heterocycles. The summed E-state index contributed by atoms with van der Waals surface area (Å²) in [6, 6.07) is 3.02. The first kappa shape index (κ1) is 21.6. The van der Waals surface area contributed by atoms with E-state index < -0.39 is 0 Å². The van der Waals surface area contributed by atoms with Gasteiger partial charge in [-0.05, 0) is 62.8 Å². The number of H-pyrrole nitrogens is 1. The minimum atomic E-state index is -0.230. The monoisotopic (exact) mass is 454 g/mol. The van der Waals surface area contributed by atoms with Crippen LogP contribution in [0.5, 0.6) is 5.75 Å². The third-order valence-corrected chi connectivity index (χ3v) is 8.17. The average molecular weight is 455 g/mol. The Hall–Kier alpha value is -2.26. The fourth-order valence-corrected chi connectivity index (χ4v) is 7.24. The molecule has 2 aromatic heterocycles. The van der Waals surface area contributed by atoms with E-state index in [1.165, 1.54) is 0 Å². The normalized spacial score (nSPS) is 31.8. The highest BCUT2D eigenvalue weighted by Gasteiger charge is 2.60. The number of hydrogen-bond acceptors (Lipinski definition) is 4. The van der Waals surface area contributed by atoms with E-state index >= 15 is 0 Å². The molecular formula is C25H31ClN4O2. The van der Waals surface area contributed by atoms with Crippen molar-refractivity contribution >= 4 is 28.5 Å².